The predicted octanol–water partition coefficient (Wildman–Crippen LogP) is 1.13. The van der Waals surface area contributed by atoms with Gasteiger partial charge in [0, 0.05) is 18.8 Å². The van der Waals surface area contributed by atoms with E-state index in [1.165, 1.54) is 12.4 Å². The van der Waals surface area contributed by atoms with E-state index in [0.717, 1.165) is 0 Å². The fourth-order valence-corrected chi connectivity index (χ4v) is 2.55. The molecule has 7 nitrogen and oxygen atoms in total. The summed E-state index contributed by atoms with van der Waals surface area (Å²) in [6.45, 7) is 2.53. The molecule has 0 atom stereocenters. The predicted molar refractivity (Wildman–Crippen MR) is 66.1 cm³/mol. The van der Waals surface area contributed by atoms with Gasteiger partial charge < -0.3 is 4.52 Å². The van der Waals surface area contributed by atoms with Gasteiger partial charge in [0.25, 0.3) is 0 Å². The molecule has 0 aliphatic rings. The highest BCUT2D eigenvalue weighted by molar-refractivity contribution is 9.10. The van der Waals surface area contributed by atoms with Crippen LogP contribution in [0.2, 0.25) is 0 Å². The van der Waals surface area contributed by atoms with Crippen molar-refractivity contribution in [1.82, 2.24) is 19.7 Å². The van der Waals surface area contributed by atoms with Crippen molar-refractivity contribution in [2.24, 2.45) is 0 Å². The number of aryl methyl sites for hydroxylation is 1. The maximum atomic E-state index is 11.9. The first-order chi connectivity index (χ1) is 8.51. The van der Waals surface area contributed by atoms with Gasteiger partial charge in [-0.05, 0) is 22.9 Å². The minimum atomic E-state index is -3.57. The molecule has 0 bridgehead atoms. The Kier molecular flexibility index (Phi) is 3.83. The van der Waals surface area contributed by atoms with Crippen LogP contribution in [-0.2, 0) is 23.1 Å². The molecule has 9 heteroatoms. The number of sulfonamides is 1. The lowest BCUT2D eigenvalue weighted by Crippen LogP contribution is -2.22. The zero-order chi connectivity index (χ0) is 13.2. The minimum Gasteiger partial charge on any atom is -0.359 e. The molecular formula is C9H11BrN4O3S. The van der Waals surface area contributed by atoms with E-state index >= 15 is 0 Å². The van der Waals surface area contributed by atoms with Gasteiger partial charge in [-0.1, -0.05) is 5.16 Å². The van der Waals surface area contributed by atoms with Crippen LogP contribution in [0.4, 0.5) is 0 Å². The van der Waals surface area contributed by atoms with Crippen molar-refractivity contribution in [2.75, 3.05) is 0 Å². The molecule has 0 amide bonds. The monoisotopic (exact) mass is 334 g/mol. The van der Waals surface area contributed by atoms with Crippen LogP contribution in [-0.4, -0.2) is 23.4 Å². The molecule has 2 heterocycles. The molecule has 0 radical (unpaired) electrons. The standard InChI is InChI=1S/C9H11BrN4O3S/c1-2-14-6-8(5-11-14)18(15,16)12-4-7-3-9(10)13-17-7/h3,5-6,12H,2,4H2,1H3. The molecule has 0 fully saturated rings. The summed E-state index contributed by atoms with van der Waals surface area (Å²) in [7, 11) is -3.57. The molecule has 0 aliphatic heterocycles. The Morgan fingerprint density at radius 3 is 2.89 bits per heavy atom. The lowest BCUT2D eigenvalue weighted by Gasteiger charge is -2.01. The molecule has 1 N–H and O–H groups in total. The summed E-state index contributed by atoms with van der Waals surface area (Å²) >= 11 is 3.11. The highest BCUT2D eigenvalue weighted by atomic mass is 79.9. The molecule has 0 unspecified atom stereocenters. The number of rotatable bonds is 5. The molecule has 0 aromatic carbocycles. The number of nitrogens with zero attached hydrogens (tertiary/aromatic N) is 3. The number of hydrogen-bond acceptors (Lipinski definition) is 5. The number of halogens is 1. The van der Waals surface area contributed by atoms with Gasteiger partial charge in [0.05, 0.1) is 12.7 Å². The van der Waals surface area contributed by atoms with Crippen molar-refractivity contribution < 1.29 is 12.9 Å². The lowest BCUT2D eigenvalue weighted by molar-refractivity contribution is 0.377. The Morgan fingerprint density at radius 2 is 2.33 bits per heavy atom. The quantitative estimate of drug-likeness (QED) is 0.885. The third-order valence-corrected chi connectivity index (χ3v) is 3.94. The molecule has 2 aromatic rings. The van der Waals surface area contributed by atoms with Crippen molar-refractivity contribution in [3.05, 3.63) is 28.8 Å². The van der Waals surface area contributed by atoms with Crippen LogP contribution in [0.25, 0.3) is 0 Å². The Balaban J connectivity index is 2.07. The number of nitrogens with one attached hydrogen (secondary N) is 1. The molecule has 0 aliphatic carbocycles. The van der Waals surface area contributed by atoms with Crippen LogP contribution in [0.3, 0.4) is 0 Å². The van der Waals surface area contributed by atoms with E-state index < -0.39 is 10.0 Å². The first-order valence-electron chi connectivity index (χ1n) is 5.14. The molecule has 0 saturated heterocycles. The van der Waals surface area contributed by atoms with Gasteiger partial charge in [0.15, 0.2) is 5.76 Å². The zero-order valence-electron chi connectivity index (χ0n) is 9.50. The normalized spacial score (nSPS) is 11.9. The first-order valence-corrected chi connectivity index (χ1v) is 7.42. The van der Waals surface area contributed by atoms with Crippen molar-refractivity contribution >= 4 is 26.0 Å². The van der Waals surface area contributed by atoms with E-state index in [1.807, 2.05) is 6.92 Å². The third-order valence-electron chi connectivity index (χ3n) is 2.21. The van der Waals surface area contributed by atoms with Crippen LogP contribution in [0.1, 0.15) is 12.7 Å². The molecule has 18 heavy (non-hydrogen) atoms. The van der Waals surface area contributed by atoms with Crippen LogP contribution in [0, 0.1) is 0 Å². The van der Waals surface area contributed by atoms with Crippen LogP contribution in [0.5, 0.6) is 0 Å². The Hall–Kier alpha value is -1.19. The number of aromatic nitrogens is 3. The van der Waals surface area contributed by atoms with Gasteiger partial charge in [-0.3, -0.25) is 4.68 Å². The average molecular weight is 335 g/mol. The van der Waals surface area contributed by atoms with Gasteiger partial charge in [0.1, 0.15) is 9.50 Å². The van der Waals surface area contributed by atoms with Crippen LogP contribution in [0.15, 0.2) is 32.5 Å². The van der Waals surface area contributed by atoms with E-state index in [-0.39, 0.29) is 11.4 Å². The summed E-state index contributed by atoms with van der Waals surface area (Å²) in [5.74, 6) is 0.424. The second-order valence-electron chi connectivity index (χ2n) is 3.47. The van der Waals surface area contributed by atoms with E-state index in [4.69, 9.17) is 4.52 Å². The highest BCUT2D eigenvalue weighted by Gasteiger charge is 2.17. The van der Waals surface area contributed by atoms with Crippen molar-refractivity contribution in [3.8, 4) is 0 Å². The summed E-state index contributed by atoms with van der Waals surface area (Å²) in [6, 6.07) is 1.60. The molecule has 0 saturated carbocycles. The largest absolute Gasteiger partial charge is 0.359 e. The van der Waals surface area contributed by atoms with Gasteiger partial charge in [-0.2, -0.15) is 5.10 Å². The second kappa shape index (κ2) is 5.21. The molecular weight excluding hydrogens is 324 g/mol. The topological polar surface area (TPSA) is 90.0 Å². The Morgan fingerprint density at radius 1 is 1.56 bits per heavy atom. The van der Waals surface area contributed by atoms with Gasteiger partial charge in [-0.15, -0.1) is 0 Å². The highest BCUT2D eigenvalue weighted by Crippen LogP contribution is 2.11. The lowest BCUT2D eigenvalue weighted by atomic mass is 10.5. The third kappa shape index (κ3) is 2.98. The summed E-state index contributed by atoms with van der Waals surface area (Å²) in [4.78, 5) is 0.128. The maximum Gasteiger partial charge on any atom is 0.244 e. The van der Waals surface area contributed by atoms with Crippen molar-refractivity contribution in [1.29, 1.82) is 0 Å². The summed E-state index contributed by atoms with van der Waals surface area (Å²) in [5.41, 5.74) is 0. The molecule has 2 rings (SSSR count). The van der Waals surface area contributed by atoms with E-state index in [2.05, 4.69) is 30.9 Å². The second-order valence-corrected chi connectivity index (χ2v) is 6.05. The first kappa shape index (κ1) is 13.2. The minimum absolute atomic E-state index is 0.0399. The fraction of sp³-hybridized carbons (Fsp3) is 0.333. The van der Waals surface area contributed by atoms with E-state index in [1.54, 1.807) is 10.7 Å². The van der Waals surface area contributed by atoms with E-state index in [0.29, 0.717) is 16.9 Å². The summed E-state index contributed by atoms with van der Waals surface area (Å²) in [5, 5.41) is 7.51. The fourth-order valence-electron chi connectivity index (χ4n) is 1.28. The van der Waals surface area contributed by atoms with Gasteiger partial charge in [0.2, 0.25) is 10.0 Å². The maximum absolute atomic E-state index is 11.9. The SMILES string of the molecule is CCn1cc(S(=O)(=O)NCc2cc(Br)no2)cn1. The van der Waals surface area contributed by atoms with Crippen molar-refractivity contribution in [2.45, 2.75) is 24.9 Å². The molecule has 2 aromatic heterocycles. The van der Waals surface area contributed by atoms with Crippen LogP contribution >= 0.6 is 15.9 Å². The Labute approximate surface area is 112 Å². The van der Waals surface area contributed by atoms with Crippen molar-refractivity contribution in [3.63, 3.8) is 0 Å². The van der Waals surface area contributed by atoms with E-state index in [9.17, 15) is 8.42 Å². The summed E-state index contributed by atoms with van der Waals surface area (Å²) in [6.07, 6.45) is 2.78. The summed E-state index contributed by atoms with van der Waals surface area (Å²) < 4.78 is 33.2. The number of hydrogen-bond donors (Lipinski definition) is 1. The zero-order valence-corrected chi connectivity index (χ0v) is 11.9. The smallest absolute Gasteiger partial charge is 0.244 e. The Bertz CT molecular complexity index is 634. The average Bonchev–Trinajstić information content (AvgIpc) is 2.95. The molecule has 0 spiro atoms. The van der Waals surface area contributed by atoms with Gasteiger partial charge >= 0.3 is 0 Å². The van der Waals surface area contributed by atoms with Crippen LogP contribution < -0.4 is 4.72 Å². The van der Waals surface area contributed by atoms with Gasteiger partial charge in [-0.25, -0.2) is 13.1 Å². The molecule has 98 valence electrons.